The number of rotatable bonds is 6. The highest BCUT2D eigenvalue weighted by Gasteiger charge is 2.30. The second kappa shape index (κ2) is 8.52. The number of urea groups is 1. The van der Waals surface area contributed by atoms with Gasteiger partial charge in [0.05, 0.1) is 35.2 Å². The molecule has 1 aliphatic heterocycles. The van der Waals surface area contributed by atoms with Gasteiger partial charge in [-0.3, -0.25) is 0 Å². The number of amides is 2. The van der Waals surface area contributed by atoms with Crippen LogP contribution in [0.2, 0.25) is 0 Å². The van der Waals surface area contributed by atoms with Crippen LogP contribution in [-0.4, -0.2) is 51.3 Å². The number of nitrogens with zero attached hydrogens (tertiary/aromatic N) is 1. The Morgan fingerprint density at radius 1 is 1.22 bits per heavy atom. The van der Waals surface area contributed by atoms with Gasteiger partial charge in [-0.05, 0) is 32.0 Å². The van der Waals surface area contributed by atoms with Crippen LogP contribution in [-0.2, 0) is 14.3 Å². The number of nitrogens with one attached hydrogen (secondary N) is 2. The fraction of sp³-hybridized carbons (Fsp3) is 0.389. The molecule has 0 saturated carbocycles. The maximum Gasteiger partial charge on any atom is 0.338 e. The smallest absolute Gasteiger partial charge is 0.338 e. The van der Waals surface area contributed by atoms with Crippen LogP contribution in [0.4, 0.5) is 14.9 Å². The summed E-state index contributed by atoms with van der Waals surface area (Å²) in [5, 5.41) is 4.99. The van der Waals surface area contributed by atoms with Crippen LogP contribution in [0, 0.1) is 5.82 Å². The minimum Gasteiger partial charge on any atom is -0.463 e. The number of hydrogen-bond donors (Lipinski definition) is 2. The first kappa shape index (κ1) is 20.2. The molecule has 0 aromatic heterocycles. The molecule has 9 heteroatoms. The highest BCUT2D eigenvalue weighted by molar-refractivity contribution is 5.95. The van der Waals surface area contributed by atoms with Crippen LogP contribution in [0.25, 0.3) is 0 Å². The third kappa shape index (κ3) is 4.75. The molecule has 0 radical (unpaired) electrons. The number of esters is 2. The van der Waals surface area contributed by atoms with Gasteiger partial charge in [0, 0.05) is 14.1 Å². The molecule has 27 heavy (non-hydrogen) atoms. The van der Waals surface area contributed by atoms with E-state index in [1.54, 1.807) is 32.8 Å². The first-order valence-electron chi connectivity index (χ1n) is 8.36. The molecule has 1 atom stereocenters. The zero-order valence-electron chi connectivity index (χ0n) is 15.6. The van der Waals surface area contributed by atoms with Crippen molar-refractivity contribution < 1.29 is 28.2 Å². The quantitative estimate of drug-likeness (QED) is 0.729. The Morgan fingerprint density at radius 3 is 2.52 bits per heavy atom. The van der Waals surface area contributed by atoms with Crippen LogP contribution in [0.1, 0.15) is 24.2 Å². The summed E-state index contributed by atoms with van der Waals surface area (Å²) in [5.74, 6) is -1.97. The number of halogens is 1. The Labute approximate surface area is 156 Å². The van der Waals surface area contributed by atoms with Crippen molar-refractivity contribution in [2.75, 3.05) is 32.2 Å². The Kier molecular flexibility index (Phi) is 6.38. The second-order valence-corrected chi connectivity index (χ2v) is 6.07. The van der Waals surface area contributed by atoms with Gasteiger partial charge in [-0.1, -0.05) is 0 Å². The molecule has 2 N–H and O–H groups in total. The summed E-state index contributed by atoms with van der Waals surface area (Å²) in [5.41, 5.74) is 0.643. The van der Waals surface area contributed by atoms with Crippen LogP contribution in [0.5, 0.6) is 0 Å². The molecule has 146 valence electrons. The Balaban J connectivity index is 2.18. The maximum atomic E-state index is 14.0. The Bertz CT molecular complexity index is 791. The SMILES string of the molecule is CCOC(=O)C1=C(COC(=O)c2ccc(N(C)C)c(F)c2)NC(=O)N[C@H]1C. The van der Waals surface area contributed by atoms with E-state index >= 15 is 0 Å². The molecule has 1 heterocycles. The van der Waals surface area contributed by atoms with Gasteiger partial charge in [-0.25, -0.2) is 18.8 Å². The van der Waals surface area contributed by atoms with Gasteiger partial charge in [0.1, 0.15) is 12.4 Å². The second-order valence-electron chi connectivity index (χ2n) is 6.07. The predicted molar refractivity (Wildman–Crippen MR) is 95.8 cm³/mol. The van der Waals surface area contributed by atoms with E-state index in [2.05, 4.69) is 10.6 Å². The molecule has 1 aromatic rings. The fourth-order valence-electron chi connectivity index (χ4n) is 2.61. The van der Waals surface area contributed by atoms with Crippen LogP contribution < -0.4 is 15.5 Å². The summed E-state index contributed by atoms with van der Waals surface area (Å²) in [6.07, 6.45) is 0. The largest absolute Gasteiger partial charge is 0.463 e. The standard InChI is InChI=1S/C18H22FN3O5/c1-5-26-17(24)15-10(2)20-18(25)21-13(15)9-27-16(23)11-6-7-14(22(3)4)12(19)8-11/h6-8,10H,5,9H2,1-4H3,(H2,20,21,25)/t10-/m0/s1. The normalized spacial score (nSPS) is 16.3. The van der Waals surface area contributed by atoms with Crippen molar-refractivity contribution in [1.29, 1.82) is 0 Å². The van der Waals surface area contributed by atoms with Crippen molar-refractivity contribution in [3.05, 3.63) is 40.8 Å². The zero-order chi connectivity index (χ0) is 20.1. The maximum absolute atomic E-state index is 14.0. The van der Waals surface area contributed by atoms with Crippen molar-refractivity contribution in [2.24, 2.45) is 0 Å². The molecule has 0 unspecified atom stereocenters. The van der Waals surface area contributed by atoms with Gasteiger partial charge in [-0.15, -0.1) is 0 Å². The lowest BCUT2D eigenvalue weighted by molar-refractivity contribution is -0.139. The molecule has 2 amide bonds. The topological polar surface area (TPSA) is 97.0 Å². The first-order valence-corrected chi connectivity index (χ1v) is 8.36. The van der Waals surface area contributed by atoms with Crippen molar-refractivity contribution >= 4 is 23.7 Å². The summed E-state index contributed by atoms with van der Waals surface area (Å²) >= 11 is 0. The Morgan fingerprint density at radius 2 is 1.93 bits per heavy atom. The lowest BCUT2D eigenvalue weighted by Gasteiger charge is -2.26. The third-order valence-corrected chi connectivity index (χ3v) is 3.88. The average molecular weight is 379 g/mol. The van der Waals surface area contributed by atoms with Crippen molar-refractivity contribution in [2.45, 2.75) is 19.9 Å². The monoisotopic (exact) mass is 379 g/mol. The predicted octanol–water partition coefficient (Wildman–Crippen LogP) is 1.57. The highest BCUT2D eigenvalue weighted by atomic mass is 19.1. The molecule has 1 aromatic carbocycles. The van der Waals surface area contributed by atoms with Gasteiger partial charge in [0.25, 0.3) is 0 Å². The van der Waals surface area contributed by atoms with Gasteiger partial charge in [-0.2, -0.15) is 0 Å². The molecule has 0 spiro atoms. The van der Waals surface area contributed by atoms with Crippen LogP contribution in [0.15, 0.2) is 29.5 Å². The number of ether oxygens (including phenoxy) is 2. The van der Waals surface area contributed by atoms with E-state index in [4.69, 9.17) is 9.47 Å². The molecule has 8 nitrogen and oxygen atoms in total. The molecule has 0 bridgehead atoms. The minimum atomic E-state index is -0.782. The van der Waals surface area contributed by atoms with E-state index in [9.17, 15) is 18.8 Å². The van der Waals surface area contributed by atoms with Gasteiger partial charge < -0.3 is 25.0 Å². The van der Waals surface area contributed by atoms with Crippen LogP contribution >= 0.6 is 0 Å². The molecular formula is C18H22FN3O5. The zero-order valence-corrected chi connectivity index (χ0v) is 15.6. The van der Waals surface area contributed by atoms with E-state index in [0.29, 0.717) is 5.69 Å². The summed E-state index contributed by atoms with van der Waals surface area (Å²) in [7, 11) is 3.36. The number of anilines is 1. The van der Waals surface area contributed by atoms with E-state index in [0.717, 1.165) is 6.07 Å². The molecule has 0 saturated heterocycles. The summed E-state index contributed by atoms with van der Waals surface area (Å²) in [6.45, 7) is 3.07. The number of carbonyl (C=O) groups is 3. The Hall–Kier alpha value is -3.10. The third-order valence-electron chi connectivity index (χ3n) is 3.88. The van der Waals surface area contributed by atoms with Gasteiger partial charge >= 0.3 is 18.0 Å². The van der Waals surface area contributed by atoms with Gasteiger partial charge in [0.2, 0.25) is 0 Å². The summed E-state index contributed by atoms with van der Waals surface area (Å²) < 4.78 is 24.2. The lowest BCUT2D eigenvalue weighted by atomic mass is 10.0. The van der Waals surface area contributed by atoms with E-state index in [1.165, 1.54) is 12.1 Å². The molecule has 0 aliphatic carbocycles. The van der Waals surface area contributed by atoms with E-state index in [-0.39, 0.29) is 30.0 Å². The van der Waals surface area contributed by atoms with Gasteiger partial charge in [0.15, 0.2) is 0 Å². The molecule has 0 fully saturated rings. The first-order chi connectivity index (χ1) is 12.7. The van der Waals surface area contributed by atoms with E-state index in [1.807, 2.05) is 0 Å². The fourth-order valence-corrected chi connectivity index (χ4v) is 2.61. The average Bonchev–Trinajstić information content (AvgIpc) is 2.58. The van der Waals surface area contributed by atoms with Crippen LogP contribution in [0.3, 0.4) is 0 Å². The molecule has 1 aliphatic rings. The minimum absolute atomic E-state index is 0.0182. The highest BCUT2D eigenvalue weighted by Crippen LogP contribution is 2.19. The number of benzene rings is 1. The lowest BCUT2D eigenvalue weighted by Crippen LogP contribution is -2.50. The van der Waals surface area contributed by atoms with Crippen molar-refractivity contribution in [3.63, 3.8) is 0 Å². The van der Waals surface area contributed by atoms with Crippen molar-refractivity contribution in [1.82, 2.24) is 10.6 Å². The summed E-state index contributed by atoms with van der Waals surface area (Å²) in [4.78, 5) is 37.6. The summed E-state index contributed by atoms with van der Waals surface area (Å²) in [6, 6.07) is 2.84. The number of carbonyl (C=O) groups excluding carboxylic acids is 3. The van der Waals surface area contributed by atoms with E-state index < -0.39 is 29.8 Å². The van der Waals surface area contributed by atoms with Crippen molar-refractivity contribution in [3.8, 4) is 0 Å². The molecule has 2 rings (SSSR count). The molecular weight excluding hydrogens is 357 g/mol. The number of hydrogen-bond acceptors (Lipinski definition) is 6.